The highest BCUT2D eigenvalue weighted by Gasteiger charge is 2.42. The van der Waals surface area contributed by atoms with E-state index >= 15 is 0 Å². The Morgan fingerprint density at radius 3 is 1.00 bits per heavy atom. The van der Waals surface area contributed by atoms with E-state index in [4.69, 9.17) is 0 Å². The van der Waals surface area contributed by atoms with Crippen LogP contribution in [0, 0.1) is 0 Å². The summed E-state index contributed by atoms with van der Waals surface area (Å²) in [6, 6.07) is 0. The summed E-state index contributed by atoms with van der Waals surface area (Å²) in [5.41, 5.74) is 4.22. The predicted molar refractivity (Wildman–Crippen MR) is 182 cm³/mol. The summed E-state index contributed by atoms with van der Waals surface area (Å²) in [5, 5.41) is 4.30. The summed E-state index contributed by atoms with van der Waals surface area (Å²) < 4.78 is 0. The molecule has 0 amide bonds. The van der Waals surface area contributed by atoms with E-state index in [2.05, 4.69) is 35.8 Å². The minimum absolute atomic E-state index is 0.00770. The Bertz CT molecular complexity index is 719. The van der Waals surface area contributed by atoms with Gasteiger partial charge in [-0.05, 0) is 110 Å². The first-order valence-electron chi connectivity index (χ1n) is 18.0. The maximum absolute atomic E-state index is 2.44. The van der Waals surface area contributed by atoms with Gasteiger partial charge in [0.2, 0.25) is 0 Å². The summed E-state index contributed by atoms with van der Waals surface area (Å²) in [5.74, 6) is 0. The number of unbranched alkanes of at least 4 members (excludes halogenated alkanes) is 2. The summed E-state index contributed by atoms with van der Waals surface area (Å²) in [4.78, 5) is 3.92. The molecule has 1 aromatic heterocycles. The third kappa shape index (κ3) is 7.94. The van der Waals surface area contributed by atoms with Crippen molar-refractivity contribution in [2.24, 2.45) is 0 Å². The molecule has 0 spiro atoms. The molecule has 5 rings (SSSR count). The van der Waals surface area contributed by atoms with Gasteiger partial charge in [0, 0.05) is 9.75 Å². The van der Waals surface area contributed by atoms with Gasteiger partial charge in [0.25, 0.3) is 0 Å². The minimum Gasteiger partial charge on any atom is -0.144 e. The van der Waals surface area contributed by atoms with Crippen molar-refractivity contribution in [3.63, 3.8) is 0 Å². The molecule has 4 fully saturated rings. The average Bonchev–Trinajstić information content (AvgIpc) is 3.34. The molecule has 4 aliphatic rings. The monoisotopic (exact) mass is 588 g/mol. The normalized spacial score (nSPS) is 23.3. The number of hydrogen-bond donors (Lipinski definition) is 0. The highest BCUT2D eigenvalue weighted by molar-refractivity contribution is 7.74. The number of rotatable bonds is 12. The van der Waals surface area contributed by atoms with Gasteiger partial charge in [-0.1, -0.05) is 120 Å². The van der Waals surface area contributed by atoms with Crippen LogP contribution in [0.15, 0.2) is 0 Å². The van der Waals surface area contributed by atoms with Gasteiger partial charge in [-0.3, -0.25) is 0 Å². The molecule has 0 aliphatic heterocycles. The fraction of sp³-hybridized carbons (Fsp3) is 0.889. The summed E-state index contributed by atoms with van der Waals surface area (Å²) >= 11 is 2.41. The van der Waals surface area contributed by atoms with E-state index in [0.29, 0.717) is 0 Å². The standard InChI is InChI=1S/C36H62P2S/c1-3-5-27-33-35(37(29-19-11-7-12-20-29)30-21-13-8-14-22-30)36(34(39-33)28-6-4-2)38(31-23-15-9-16-24-31)32-25-17-10-18-26-32/h29-32H,3-28H2,1-2H3. The van der Waals surface area contributed by atoms with Gasteiger partial charge in [-0.25, -0.2) is 0 Å². The van der Waals surface area contributed by atoms with Crippen LogP contribution < -0.4 is 10.6 Å². The van der Waals surface area contributed by atoms with Gasteiger partial charge >= 0.3 is 0 Å². The van der Waals surface area contributed by atoms with Gasteiger partial charge in [-0.2, -0.15) is 0 Å². The van der Waals surface area contributed by atoms with Crippen molar-refractivity contribution in [1.82, 2.24) is 0 Å². The van der Waals surface area contributed by atoms with E-state index in [-0.39, 0.29) is 15.8 Å². The Morgan fingerprint density at radius 2 is 0.744 bits per heavy atom. The molecule has 39 heavy (non-hydrogen) atoms. The van der Waals surface area contributed by atoms with Crippen LogP contribution in [0.1, 0.15) is 178 Å². The number of hydrogen-bond acceptors (Lipinski definition) is 1. The second kappa shape index (κ2) is 16.4. The second-order valence-electron chi connectivity index (χ2n) is 13.8. The average molecular weight is 589 g/mol. The Morgan fingerprint density at radius 1 is 0.462 bits per heavy atom. The van der Waals surface area contributed by atoms with Crippen LogP contribution in [0.4, 0.5) is 0 Å². The smallest absolute Gasteiger partial charge is 0.0132 e. The Labute approximate surface area is 250 Å². The first-order valence-corrected chi connectivity index (χ1v) is 21.8. The molecule has 222 valence electrons. The molecular weight excluding hydrogens is 526 g/mol. The van der Waals surface area contributed by atoms with E-state index in [1.54, 1.807) is 51.4 Å². The Hall–Kier alpha value is 0.560. The maximum atomic E-state index is 2.44. The molecule has 3 heteroatoms. The van der Waals surface area contributed by atoms with Crippen molar-refractivity contribution in [2.45, 2.75) is 203 Å². The summed E-state index contributed by atoms with van der Waals surface area (Å²) in [7, 11) is 0.0154. The molecular formula is C36H62P2S. The van der Waals surface area contributed by atoms with E-state index < -0.39 is 0 Å². The van der Waals surface area contributed by atoms with Crippen molar-refractivity contribution >= 4 is 37.8 Å². The third-order valence-corrected chi connectivity index (χ3v) is 19.9. The van der Waals surface area contributed by atoms with E-state index in [1.165, 1.54) is 116 Å². The maximum Gasteiger partial charge on any atom is 0.0132 e. The molecule has 0 atom stereocenters. The lowest BCUT2D eigenvalue weighted by Crippen LogP contribution is -2.37. The SMILES string of the molecule is CCCCc1sc(CCCC)c(P(C2CCCCC2)C2CCCCC2)c1P(C1CCCCC1)C1CCCCC1. The van der Waals surface area contributed by atoms with Crippen LogP contribution in [-0.4, -0.2) is 22.6 Å². The number of thiophene rings is 1. The van der Waals surface area contributed by atoms with Crippen LogP contribution >= 0.6 is 27.2 Å². The lowest BCUT2D eigenvalue weighted by Gasteiger charge is -2.43. The first kappa shape index (κ1) is 31.0. The Kier molecular flexibility index (Phi) is 13.1. The van der Waals surface area contributed by atoms with Crippen LogP contribution in [0.2, 0.25) is 0 Å². The highest BCUT2D eigenvalue weighted by atomic mass is 32.1. The van der Waals surface area contributed by atoms with Gasteiger partial charge < -0.3 is 0 Å². The lowest BCUT2D eigenvalue weighted by atomic mass is 9.99. The predicted octanol–water partition coefficient (Wildman–Crippen LogP) is 12.0. The van der Waals surface area contributed by atoms with E-state index in [1.807, 2.05) is 9.75 Å². The zero-order valence-electron chi connectivity index (χ0n) is 26.0. The molecule has 0 radical (unpaired) electrons. The van der Waals surface area contributed by atoms with Crippen molar-refractivity contribution in [1.29, 1.82) is 0 Å². The fourth-order valence-electron chi connectivity index (χ4n) is 8.82. The van der Waals surface area contributed by atoms with Crippen molar-refractivity contribution in [3.05, 3.63) is 9.75 Å². The van der Waals surface area contributed by atoms with Crippen molar-refractivity contribution in [2.75, 3.05) is 0 Å². The molecule has 4 aliphatic carbocycles. The number of aryl methyl sites for hydroxylation is 2. The van der Waals surface area contributed by atoms with Gasteiger partial charge in [0.05, 0.1) is 0 Å². The zero-order chi connectivity index (χ0) is 26.9. The van der Waals surface area contributed by atoms with Crippen LogP contribution in [0.25, 0.3) is 0 Å². The van der Waals surface area contributed by atoms with Gasteiger partial charge in [-0.15, -0.1) is 11.3 Å². The minimum atomic E-state index is 0.00770. The Balaban J connectivity index is 1.66. The largest absolute Gasteiger partial charge is 0.144 e. The fourth-order valence-corrected chi connectivity index (χ4v) is 19.7. The van der Waals surface area contributed by atoms with E-state index in [9.17, 15) is 0 Å². The lowest BCUT2D eigenvalue weighted by molar-refractivity contribution is 0.486. The van der Waals surface area contributed by atoms with Crippen LogP contribution in [-0.2, 0) is 12.8 Å². The molecule has 1 heterocycles. The first-order chi connectivity index (χ1) is 19.3. The summed E-state index contributed by atoms with van der Waals surface area (Å²) in [6.45, 7) is 4.88. The van der Waals surface area contributed by atoms with E-state index in [0.717, 1.165) is 22.6 Å². The van der Waals surface area contributed by atoms with Crippen LogP contribution in [0.3, 0.4) is 0 Å². The molecule has 0 aromatic carbocycles. The molecule has 0 bridgehead atoms. The van der Waals surface area contributed by atoms with Crippen molar-refractivity contribution < 1.29 is 0 Å². The third-order valence-electron chi connectivity index (χ3n) is 10.9. The van der Waals surface area contributed by atoms with Gasteiger partial charge in [0.15, 0.2) is 0 Å². The topological polar surface area (TPSA) is 0 Å². The van der Waals surface area contributed by atoms with Crippen LogP contribution in [0.5, 0.6) is 0 Å². The molecule has 0 nitrogen and oxygen atoms in total. The summed E-state index contributed by atoms with van der Waals surface area (Å²) in [6.07, 6.45) is 39.2. The quantitative estimate of drug-likeness (QED) is 0.213. The zero-order valence-corrected chi connectivity index (χ0v) is 28.6. The molecule has 1 aromatic rings. The molecule has 4 saturated carbocycles. The molecule has 0 N–H and O–H groups in total. The second-order valence-corrected chi connectivity index (χ2v) is 20.5. The van der Waals surface area contributed by atoms with Crippen molar-refractivity contribution in [3.8, 4) is 0 Å². The highest BCUT2D eigenvalue weighted by Crippen LogP contribution is 2.61. The van der Waals surface area contributed by atoms with Gasteiger partial charge in [0.1, 0.15) is 0 Å². The molecule has 0 unspecified atom stereocenters. The molecule has 0 saturated heterocycles.